The molecule has 9 heteroatoms. The van der Waals surface area contributed by atoms with Crippen molar-refractivity contribution < 1.29 is 22.7 Å². The maximum atomic E-state index is 13.6. The van der Waals surface area contributed by atoms with Crippen molar-refractivity contribution in [1.82, 2.24) is 4.90 Å². The van der Waals surface area contributed by atoms with Gasteiger partial charge in [0, 0.05) is 31.6 Å². The van der Waals surface area contributed by atoms with Gasteiger partial charge in [-0.25, -0.2) is 8.42 Å². The average Bonchev–Trinajstić information content (AvgIpc) is 3.63. The number of anilines is 1. The number of rotatable bonds is 3. The van der Waals surface area contributed by atoms with Crippen molar-refractivity contribution in [2.45, 2.75) is 57.2 Å². The molecule has 1 unspecified atom stereocenters. The summed E-state index contributed by atoms with van der Waals surface area (Å²) >= 11 is 0. The molecule has 4 rings (SSSR count). The second-order valence-electron chi connectivity index (χ2n) is 9.94. The first-order valence-corrected chi connectivity index (χ1v) is 13.7. The summed E-state index contributed by atoms with van der Waals surface area (Å²) in [4.78, 5) is 28.4. The molecule has 1 heterocycles. The van der Waals surface area contributed by atoms with Gasteiger partial charge in [0.2, 0.25) is 10.0 Å². The van der Waals surface area contributed by atoms with Gasteiger partial charge in [0.25, 0.3) is 5.91 Å². The Hall–Kier alpha value is -2.91. The van der Waals surface area contributed by atoms with Crippen LogP contribution in [-0.2, 0) is 39.0 Å². The molecular formula is C26H33N3O5S. The molecule has 1 fully saturated rings. The third-order valence-corrected chi connectivity index (χ3v) is 7.80. The van der Waals surface area contributed by atoms with Crippen LogP contribution in [0.15, 0.2) is 42.5 Å². The SMILES string of the molecule is CN(c1cc2cc(c1)C(=O)N(C1CC1)CCCc1cccc(c1)CC(C)(N)C(=O)OC2)S(C)(=O)=O. The maximum absolute atomic E-state index is 13.6. The van der Waals surface area contributed by atoms with E-state index in [9.17, 15) is 18.0 Å². The fraction of sp³-hybridized carbons (Fsp3) is 0.462. The molecule has 35 heavy (non-hydrogen) atoms. The number of cyclic esters (lactones) is 1. The summed E-state index contributed by atoms with van der Waals surface area (Å²) < 4.78 is 31.1. The van der Waals surface area contributed by atoms with E-state index in [1.54, 1.807) is 25.1 Å². The van der Waals surface area contributed by atoms with Gasteiger partial charge in [-0.2, -0.15) is 0 Å². The second-order valence-corrected chi connectivity index (χ2v) is 12.0. The number of hydrogen-bond donors (Lipinski definition) is 1. The number of amides is 1. The molecular weight excluding hydrogens is 466 g/mol. The van der Waals surface area contributed by atoms with E-state index in [1.807, 2.05) is 23.1 Å². The smallest absolute Gasteiger partial charge is 0.326 e. The Kier molecular flexibility index (Phi) is 6.92. The summed E-state index contributed by atoms with van der Waals surface area (Å²) in [5, 5.41) is 0. The molecule has 0 radical (unpaired) electrons. The molecule has 188 valence electrons. The summed E-state index contributed by atoms with van der Waals surface area (Å²) in [5.41, 5.74) is 8.42. The zero-order chi connectivity index (χ0) is 25.4. The molecule has 0 saturated heterocycles. The minimum absolute atomic E-state index is 0.124. The van der Waals surface area contributed by atoms with Crippen LogP contribution in [0.1, 0.15) is 53.2 Å². The normalized spacial score (nSPS) is 22.0. The van der Waals surface area contributed by atoms with Crippen molar-refractivity contribution in [3.63, 3.8) is 0 Å². The number of benzene rings is 2. The highest BCUT2D eigenvalue weighted by Crippen LogP contribution is 2.30. The minimum atomic E-state index is -3.55. The predicted molar refractivity (Wildman–Crippen MR) is 135 cm³/mol. The first kappa shape index (κ1) is 25.2. The number of carbonyl (C=O) groups excluding carboxylic acids is 2. The van der Waals surface area contributed by atoms with Gasteiger partial charge in [0.15, 0.2) is 0 Å². The average molecular weight is 500 g/mol. The molecule has 2 aromatic carbocycles. The van der Waals surface area contributed by atoms with Crippen LogP contribution >= 0.6 is 0 Å². The molecule has 0 spiro atoms. The topological polar surface area (TPSA) is 110 Å². The Morgan fingerprint density at radius 3 is 2.49 bits per heavy atom. The number of nitrogens with two attached hydrogens (primary N) is 1. The Labute approximate surface area is 207 Å². The Morgan fingerprint density at radius 1 is 1.09 bits per heavy atom. The lowest BCUT2D eigenvalue weighted by molar-refractivity contribution is -0.150. The number of nitrogens with zero attached hydrogens (tertiary/aromatic N) is 2. The van der Waals surface area contributed by atoms with Gasteiger partial charge in [-0.3, -0.25) is 13.9 Å². The Bertz CT molecular complexity index is 1240. The van der Waals surface area contributed by atoms with E-state index in [4.69, 9.17) is 10.5 Å². The van der Waals surface area contributed by atoms with Crippen LogP contribution in [0.3, 0.4) is 0 Å². The van der Waals surface area contributed by atoms with E-state index >= 15 is 0 Å². The van der Waals surface area contributed by atoms with E-state index in [1.165, 1.54) is 7.05 Å². The molecule has 2 N–H and O–H groups in total. The van der Waals surface area contributed by atoms with Crippen molar-refractivity contribution in [2.75, 3.05) is 24.2 Å². The van der Waals surface area contributed by atoms with Crippen LogP contribution in [0, 0.1) is 0 Å². The molecule has 1 amide bonds. The van der Waals surface area contributed by atoms with Gasteiger partial charge in [0.05, 0.1) is 11.9 Å². The molecule has 0 aromatic heterocycles. The molecule has 1 saturated carbocycles. The molecule has 2 aliphatic rings. The van der Waals surface area contributed by atoms with Crippen LogP contribution < -0.4 is 10.0 Å². The van der Waals surface area contributed by atoms with Crippen LogP contribution in [0.5, 0.6) is 0 Å². The van der Waals surface area contributed by atoms with Gasteiger partial charge in [-0.05, 0) is 67.5 Å². The summed E-state index contributed by atoms with van der Waals surface area (Å²) in [6.07, 6.45) is 4.94. The molecule has 8 nitrogen and oxygen atoms in total. The number of aryl methyl sites for hydroxylation is 1. The quantitative estimate of drug-likeness (QED) is 0.650. The molecule has 1 atom stereocenters. The lowest BCUT2D eigenvalue weighted by Gasteiger charge is -2.26. The van der Waals surface area contributed by atoms with E-state index in [-0.39, 0.29) is 18.6 Å². The molecule has 1 aliphatic heterocycles. The van der Waals surface area contributed by atoms with Crippen LogP contribution in [0.25, 0.3) is 0 Å². The highest BCUT2D eigenvalue weighted by atomic mass is 32.2. The first-order valence-electron chi connectivity index (χ1n) is 11.9. The summed E-state index contributed by atoms with van der Waals surface area (Å²) in [6, 6.07) is 13.1. The largest absolute Gasteiger partial charge is 0.459 e. The number of sulfonamides is 1. The number of fused-ring (bicyclic) bond motifs is 4. The first-order chi connectivity index (χ1) is 16.4. The van der Waals surface area contributed by atoms with E-state index in [0.717, 1.165) is 47.4 Å². The number of carbonyl (C=O) groups is 2. The van der Waals surface area contributed by atoms with Crippen LogP contribution in [-0.4, -0.2) is 56.6 Å². The second kappa shape index (κ2) is 9.62. The van der Waals surface area contributed by atoms with Crippen molar-refractivity contribution >= 4 is 27.6 Å². The maximum Gasteiger partial charge on any atom is 0.326 e. The fourth-order valence-corrected chi connectivity index (χ4v) is 4.90. The van der Waals surface area contributed by atoms with Gasteiger partial charge in [0.1, 0.15) is 12.1 Å². The summed E-state index contributed by atoms with van der Waals surface area (Å²) in [5.74, 6) is -0.710. The monoisotopic (exact) mass is 499 g/mol. The predicted octanol–water partition coefficient (Wildman–Crippen LogP) is 2.64. The summed E-state index contributed by atoms with van der Waals surface area (Å²) in [6.45, 7) is 2.13. The number of ether oxygens (including phenoxy) is 1. The van der Waals surface area contributed by atoms with Gasteiger partial charge in [-0.1, -0.05) is 24.3 Å². The molecule has 2 aromatic rings. The van der Waals surface area contributed by atoms with E-state index < -0.39 is 21.5 Å². The third kappa shape index (κ3) is 6.02. The van der Waals surface area contributed by atoms with Gasteiger partial charge < -0.3 is 15.4 Å². The zero-order valence-corrected chi connectivity index (χ0v) is 21.3. The zero-order valence-electron chi connectivity index (χ0n) is 20.5. The highest BCUT2D eigenvalue weighted by Gasteiger charge is 2.34. The molecule has 4 bridgehead atoms. The lowest BCUT2D eigenvalue weighted by Crippen LogP contribution is -2.48. The van der Waals surface area contributed by atoms with Crippen molar-refractivity contribution in [3.05, 3.63) is 64.7 Å². The Morgan fingerprint density at radius 2 is 1.80 bits per heavy atom. The number of hydrogen-bond acceptors (Lipinski definition) is 6. The van der Waals surface area contributed by atoms with E-state index in [0.29, 0.717) is 29.8 Å². The standard InChI is InChI=1S/C26H33N3O5S/c1-26(27)16-19-7-4-6-18(12-19)8-5-11-29(22-9-10-22)24(30)21-13-20(17-34-25(26)31)14-23(15-21)28(2)35(3,32)33/h4,6-7,12-15,22H,5,8-11,16-17,27H2,1-3H3. The van der Waals surface area contributed by atoms with Crippen LogP contribution in [0.2, 0.25) is 0 Å². The fourth-order valence-electron chi connectivity index (χ4n) is 4.41. The van der Waals surface area contributed by atoms with Crippen molar-refractivity contribution in [2.24, 2.45) is 5.73 Å². The van der Waals surface area contributed by atoms with Gasteiger partial charge >= 0.3 is 5.97 Å². The lowest BCUT2D eigenvalue weighted by atomic mass is 9.92. The van der Waals surface area contributed by atoms with E-state index in [2.05, 4.69) is 6.07 Å². The molecule has 1 aliphatic carbocycles. The number of esters is 1. The highest BCUT2D eigenvalue weighted by molar-refractivity contribution is 7.92. The van der Waals surface area contributed by atoms with Gasteiger partial charge in [-0.15, -0.1) is 0 Å². The Balaban J connectivity index is 1.73. The van der Waals surface area contributed by atoms with Crippen LogP contribution in [0.4, 0.5) is 5.69 Å². The van der Waals surface area contributed by atoms with Crippen molar-refractivity contribution in [1.29, 1.82) is 0 Å². The van der Waals surface area contributed by atoms with Crippen molar-refractivity contribution in [3.8, 4) is 0 Å². The minimum Gasteiger partial charge on any atom is -0.459 e. The summed E-state index contributed by atoms with van der Waals surface area (Å²) in [7, 11) is -2.12. The third-order valence-electron chi connectivity index (χ3n) is 6.60.